The lowest BCUT2D eigenvalue weighted by Crippen LogP contribution is -2.69. The summed E-state index contributed by atoms with van der Waals surface area (Å²) in [4.78, 5) is 28.8. The molecule has 5 aliphatic carbocycles. The maximum Gasteiger partial charge on any atom is 0.223 e. The largest absolute Gasteiger partial charge is 0.511 e. The van der Waals surface area contributed by atoms with Gasteiger partial charge in [0.1, 0.15) is 5.76 Å². The van der Waals surface area contributed by atoms with E-state index < -0.39 is 6.04 Å². The van der Waals surface area contributed by atoms with Crippen LogP contribution in [-0.2, 0) is 16.0 Å². The molecule has 5 aliphatic rings. The van der Waals surface area contributed by atoms with Crippen LogP contribution in [0.1, 0.15) is 112 Å². The lowest BCUT2D eigenvalue weighted by atomic mass is 9.30. The number of aliphatic hydroxyl groups is 2. The monoisotopic (exact) mass is 629 g/mol. The molecule has 0 aromatic heterocycles. The highest BCUT2D eigenvalue weighted by molar-refractivity contribution is 5.96. The molecule has 4 saturated carbocycles. The van der Waals surface area contributed by atoms with Crippen molar-refractivity contribution in [1.29, 1.82) is 0 Å². The summed E-state index contributed by atoms with van der Waals surface area (Å²) in [6.07, 6.45) is 9.41. The summed E-state index contributed by atoms with van der Waals surface area (Å²) in [6, 6.07) is 9.36. The number of ketones is 1. The summed E-state index contributed by atoms with van der Waals surface area (Å²) >= 11 is 0. The molecule has 3 N–H and O–H groups in total. The number of amides is 1. The van der Waals surface area contributed by atoms with E-state index in [1.54, 1.807) is 0 Å². The first-order chi connectivity index (χ1) is 21.3. The Morgan fingerprint density at radius 1 is 0.978 bits per heavy atom. The third kappa shape index (κ3) is 4.49. The third-order valence-corrected chi connectivity index (χ3v) is 15.8. The molecule has 0 radical (unpaired) electrons. The number of carbonyl (C=O) groups is 2. The Balaban J connectivity index is 1.35. The Bertz CT molecular complexity index is 1450. The van der Waals surface area contributed by atoms with E-state index >= 15 is 0 Å². The van der Waals surface area contributed by atoms with Crippen molar-refractivity contribution in [1.82, 2.24) is 5.32 Å². The van der Waals surface area contributed by atoms with Crippen LogP contribution >= 0.6 is 0 Å². The second-order valence-corrected chi connectivity index (χ2v) is 18.2. The average molecular weight is 630 g/mol. The highest BCUT2D eigenvalue weighted by Gasteiger charge is 2.73. The number of hydrogen-bond acceptors (Lipinski definition) is 4. The first-order valence-electron chi connectivity index (χ1n) is 18.0. The van der Waals surface area contributed by atoms with Crippen molar-refractivity contribution in [2.75, 3.05) is 0 Å². The first-order valence-corrected chi connectivity index (χ1v) is 18.0. The summed E-state index contributed by atoms with van der Waals surface area (Å²) in [5.41, 5.74) is 1.25. The van der Waals surface area contributed by atoms with Gasteiger partial charge in [0.05, 0.1) is 12.1 Å². The number of nitrogens with one attached hydrogen (secondary N) is 1. The Kier molecular flexibility index (Phi) is 7.87. The zero-order chi connectivity index (χ0) is 33.7. The standard InChI is InChI=1S/C41H59NO4/c1-25-23-37(5)18-15-28(35(46)42-29(26(2)43)21-27-13-11-10-12-14-27)24-40(37,8)32-22-30(44)34-38(6)19-17-33(45)36(3,4)31(38)16-20-39(34,7)41(25,32)9/h10-14,22,25,28-29,31,33-34,43,45H,2,15-21,23-24H2,1,3-9H3,(H,42,46)/t25-,28-,29?,31-,33-,34+,37+,38-,39+,40-,41+/m0/s1. The fourth-order valence-electron chi connectivity index (χ4n) is 12.7. The first kappa shape index (κ1) is 33.5. The summed E-state index contributed by atoms with van der Waals surface area (Å²) in [5, 5.41) is 24.7. The van der Waals surface area contributed by atoms with Crippen molar-refractivity contribution in [2.45, 2.75) is 125 Å². The Morgan fingerprint density at radius 3 is 2.30 bits per heavy atom. The minimum atomic E-state index is -0.544. The maximum atomic E-state index is 14.8. The van der Waals surface area contributed by atoms with Crippen LogP contribution < -0.4 is 5.32 Å². The predicted octanol–water partition coefficient (Wildman–Crippen LogP) is 8.37. The molecule has 4 fully saturated rings. The van der Waals surface area contributed by atoms with Gasteiger partial charge in [0.25, 0.3) is 0 Å². The second kappa shape index (κ2) is 10.8. The van der Waals surface area contributed by atoms with Crippen molar-refractivity contribution in [3.63, 3.8) is 0 Å². The molecule has 1 unspecified atom stereocenters. The van der Waals surface area contributed by atoms with Crippen LogP contribution in [0, 0.1) is 56.2 Å². The number of fused-ring (bicyclic) bond motifs is 7. The second-order valence-electron chi connectivity index (χ2n) is 18.2. The van der Waals surface area contributed by atoms with Crippen LogP contribution in [0.5, 0.6) is 0 Å². The molecule has 252 valence electrons. The van der Waals surface area contributed by atoms with E-state index in [4.69, 9.17) is 0 Å². The summed E-state index contributed by atoms with van der Waals surface area (Å²) in [7, 11) is 0. The Hall–Kier alpha value is -2.40. The van der Waals surface area contributed by atoms with Crippen LogP contribution in [0.2, 0.25) is 0 Å². The van der Waals surface area contributed by atoms with Crippen molar-refractivity contribution >= 4 is 11.7 Å². The van der Waals surface area contributed by atoms with Crippen molar-refractivity contribution in [3.05, 3.63) is 59.9 Å². The molecule has 0 aliphatic heterocycles. The van der Waals surface area contributed by atoms with E-state index in [0.717, 1.165) is 50.5 Å². The number of carbonyl (C=O) groups excluding carboxylic acids is 2. The molecule has 5 nitrogen and oxygen atoms in total. The average Bonchev–Trinajstić information content (AvgIpc) is 2.97. The minimum Gasteiger partial charge on any atom is -0.511 e. The molecule has 1 amide bonds. The molecule has 0 bridgehead atoms. The molecule has 1 aromatic carbocycles. The smallest absolute Gasteiger partial charge is 0.223 e. The molecule has 0 saturated heterocycles. The van der Waals surface area contributed by atoms with Crippen molar-refractivity contribution in [3.8, 4) is 0 Å². The number of hydrogen-bond donors (Lipinski definition) is 3. The fraction of sp³-hybridized carbons (Fsp3) is 0.707. The molecule has 5 heteroatoms. The molecule has 6 rings (SSSR count). The van der Waals surface area contributed by atoms with Gasteiger partial charge in [-0.15, -0.1) is 0 Å². The number of rotatable bonds is 5. The van der Waals surface area contributed by atoms with Gasteiger partial charge in [-0.05, 0) is 114 Å². The Labute approximate surface area is 277 Å². The molecule has 46 heavy (non-hydrogen) atoms. The van der Waals surface area contributed by atoms with Gasteiger partial charge in [-0.1, -0.05) is 97.9 Å². The quantitative estimate of drug-likeness (QED) is 0.286. The van der Waals surface area contributed by atoms with E-state index in [-0.39, 0.29) is 67.9 Å². The molecule has 0 spiro atoms. The van der Waals surface area contributed by atoms with Gasteiger partial charge in [0.2, 0.25) is 5.91 Å². The normalized spacial score (nSPS) is 45.2. The van der Waals surface area contributed by atoms with E-state index in [0.29, 0.717) is 24.7 Å². The van der Waals surface area contributed by atoms with Crippen LogP contribution in [0.4, 0.5) is 0 Å². The molecule has 1 aromatic rings. The lowest BCUT2D eigenvalue weighted by Gasteiger charge is -2.73. The van der Waals surface area contributed by atoms with Gasteiger partial charge in [-0.3, -0.25) is 9.59 Å². The van der Waals surface area contributed by atoms with Crippen LogP contribution in [0.3, 0.4) is 0 Å². The van der Waals surface area contributed by atoms with E-state index in [2.05, 4.69) is 73.4 Å². The lowest BCUT2D eigenvalue weighted by molar-refractivity contribution is -0.214. The van der Waals surface area contributed by atoms with E-state index in [1.165, 1.54) is 5.57 Å². The molecule has 11 atom stereocenters. The van der Waals surface area contributed by atoms with Crippen molar-refractivity contribution < 1.29 is 19.8 Å². The van der Waals surface area contributed by atoms with E-state index in [1.807, 2.05) is 30.3 Å². The predicted molar refractivity (Wildman–Crippen MR) is 184 cm³/mol. The summed E-state index contributed by atoms with van der Waals surface area (Å²) in [6.45, 7) is 22.7. The van der Waals surface area contributed by atoms with Crippen LogP contribution in [0.15, 0.2) is 54.3 Å². The van der Waals surface area contributed by atoms with E-state index in [9.17, 15) is 19.8 Å². The van der Waals surface area contributed by atoms with Crippen LogP contribution in [0.25, 0.3) is 0 Å². The highest BCUT2D eigenvalue weighted by atomic mass is 16.3. The number of allylic oxidation sites excluding steroid dienone is 2. The zero-order valence-corrected chi connectivity index (χ0v) is 29.7. The van der Waals surface area contributed by atoms with Gasteiger partial charge in [-0.25, -0.2) is 0 Å². The molecular formula is C41H59NO4. The van der Waals surface area contributed by atoms with Gasteiger partial charge in [0, 0.05) is 11.8 Å². The SMILES string of the molecule is C=C(O)C(Cc1ccccc1)NC(=O)[C@H]1CC[C@]2(C)C[C@H](C)[C@]3(C)C(=CC(=O)[C@@H]4[C@@]5(C)CC[C@H](O)C(C)(C)[C@@H]5CC[C@]43C)[C@]2(C)C1. The summed E-state index contributed by atoms with van der Waals surface area (Å²) < 4.78 is 0. The minimum absolute atomic E-state index is 0.0138. The van der Waals surface area contributed by atoms with Crippen molar-refractivity contribution in [2.24, 2.45) is 56.2 Å². The third-order valence-electron chi connectivity index (χ3n) is 15.8. The fourth-order valence-corrected chi connectivity index (χ4v) is 12.7. The molecule has 0 heterocycles. The van der Waals surface area contributed by atoms with Gasteiger partial charge < -0.3 is 15.5 Å². The highest BCUT2D eigenvalue weighted by Crippen LogP contribution is 2.78. The maximum absolute atomic E-state index is 14.8. The van der Waals surface area contributed by atoms with Gasteiger partial charge >= 0.3 is 0 Å². The number of aliphatic hydroxyl groups excluding tert-OH is 2. The molecular weight excluding hydrogens is 570 g/mol. The zero-order valence-electron chi connectivity index (χ0n) is 29.7. The topological polar surface area (TPSA) is 86.6 Å². The van der Waals surface area contributed by atoms with Gasteiger partial charge in [-0.2, -0.15) is 0 Å². The van der Waals surface area contributed by atoms with Crippen LogP contribution in [-0.4, -0.2) is 34.0 Å². The Morgan fingerprint density at radius 2 is 1.65 bits per heavy atom. The van der Waals surface area contributed by atoms with Gasteiger partial charge in [0.15, 0.2) is 5.78 Å². The summed E-state index contributed by atoms with van der Waals surface area (Å²) in [5.74, 6) is 0.649. The number of benzene rings is 1.